The van der Waals surface area contributed by atoms with E-state index in [1.54, 1.807) is 0 Å². The highest BCUT2D eigenvalue weighted by molar-refractivity contribution is 6.31. The van der Waals surface area contributed by atoms with Crippen LogP contribution in [-0.4, -0.2) is 23.7 Å². The molecule has 154 valence electrons. The fraction of sp³-hybridized carbons (Fsp3) is 0.458. The first kappa shape index (κ1) is 20.2. The summed E-state index contributed by atoms with van der Waals surface area (Å²) in [6.07, 6.45) is 5.47. The Morgan fingerprint density at radius 1 is 1.28 bits per heavy atom. The van der Waals surface area contributed by atoms with E-state index in [1.807, 2.05) is 18.2 Å². The van der Waals surface area contributed by atoms with E-state index in [-0.39, 0.29) is 0 Å². The van der Waals surface area contributed by atoms with Crippen molar-refractivity contribution in [2.45, 2.75) is 58.1 Å². The third kappa shape index (κ3) is 4.44. The number of halogens is 1. The number of carboxylic acid groups (broad SMARTS) is 1. The molecular weight excluding hydrogens is 386 g/mol. The van der Waals surface area contributed by atoms with Crippen LogP contribution in [0.1, 0.15) is 48.4 Å². The number of ether oxygens (including phenoxy) is 1. The Morgan fingerprint density at radius 3 is 2.83 bits per heavy atom. The van der Waals surface area contributed by atoms with Crippen molar-refractivity contribution in [2.24, 2.45) is 5.41 Å². The van der Waals surface area contributed by atoms with Crippen LogP contribution in [0.3, 0.4) is 0 Å². The predicted molar refractivity (Wildman–Crippen MR) is 115 cm³/mol. The molecule has 2 aromatic carbocycles. The molecule has 1 atom stereocenters. The fourth-order valence-corrected chi connectivity index (χ4v) is 4.45. The SMILES string of the molecule is CCc1cccc(Cl)c1COc1ccc2c(c1)CCC(NCC1(C(=O)O)CC1)C2. The lowest BCUT2D eigenvalue weighted by Crippen LogP contribution is -2.40. The van der Waals surface area contributed by atoms with E-state index in [1.165, 1.54) is 16.7 Å². The summed E-state index contributed by atoms with van der Waals surface area (Å²) in [5.41, 5.74) is 4.43. The number of hydrogen-bond donors (Lipinski definition) is 2. The van der Waals surface area contributed by atoms with E-state index < -0.39 is 11.4 Å². The van der Waals surface area contributed by atoms with Gasteiger partial charge in [0.15, 0.2) is 0 Å². The van der Waals surface area contributed by atoms with Crippen molar-refractivity contribution in [3.05, 3.63) is 63.7 Å². The average Bonchev–Trinajstić information content (AvgIpc) is 3.52. The molecule has 1 saturated carbocycles. The van der Waals surface area contributed by atoms with Gasteiger partial charge in [0.2, 0.25) is 0 Å². The number of aryl methyl sites for hydroxylation is 2. The summed E-state index contributed by atoms with van der Waals surface area (Å²) >= 11 is 6.37. The Bertz CT molecular complexity index is 907. The second-order valence-corrected chi connectivity index (χ2v) is 8.76. The van der Waals surface area contributed by atoms with Gasteiger partial charge < -0.3 is 15.2 Å². The molecule has 0 aromatic heterocycles. The second kappa shape index (κ2) is 8.37. The first-order valence-corrected chi connectivity index (χ1v) is 10.9. The summed E-state index contributed by atoms with van der Waals surface area (Å²) in [5.74, 6) is 0.215. The van der Waals surface area contributed by atoms with Gasteiger partial charge in [-0.25, -0.2) is 0 Å². The van der Waals surface area contributed by atoms with Crippen LogP contribution in [0.5, 0.6) is 5.75 Å². The van der Waals surface area contributed by atoms with Crippen LogP contribution in [-0.2, 0) is 30.7 Å². The Labute approximate surface area is 177 Å². The Hall–Kier alpha value is -2.04. The van der Waals surface area contributed by atoms with Gasteiger partial charge in [0, 0.05) is 23.2 Å². The molecule has 1 unspecified atom stereocenters. The van der Waals surface area contributed by atoms with Crippen molar-refractivity contribution < 1.29 is 14.6 Å². The largest absolute Gasteiger partial charge is 0.489 e. The van der Waals surface area contributed by atoms with Crippen molar-refractivity contribution >= 4 is 17.6 Å². The molecule has 0 bridgehead atoms. The fourth-order valence-electron chi connectivity index (χ4n) is 4.20. The van der Waals surface area contributed by atoms with E-state index in [2.05, 4.69) is 30.4 Å². The van der Waals surface area contributed by atoms with Gasteiger partial charge in [0.1, 0.15) is 12.4 Å². The van der Waals surface area contributed by atoms with E-state index in [4.69, 9.17) is 16.3 Å². The number of aliphatic carboxylic acids is 1. The molecule has 0 saturated heterocycles. The minimum absolute atomic E-state index is 0.348. The smallest absolute Gasteiger partial charge is 0.310 e. The second-order valence-electron chi connectivity index (χ2n) is 8.36. The van der Waals surface area contributed by atoms with Gasteiger partial charge in [-0.05, 0) is 73.4 Å². The monoisotopic (exact) mass is 413 g/mol. The van der Waals surface area contributed by atoms with Gasteiger partial charge in [-0.1, -0.05) is 36.7 Å². The summed E-state index contributed by atoms with van der Waals surface area (Å²) < 4.78 is 6.07. The number of fused-ring (bicyclic) bond motifs is 1. The zero-order valence-corrected chi connectivity index (χ0v) is 17.6. The Balaban J connectivity index is 1.36. The third-order valence-corrected chi connectivity index (χ3v) is 6.78. The summed E-state index contributed by atoms with van der Waals surface area (Å²) in [7, 11) is 0. The summed E-state index contributed by atoms with van der Waals surface area (Å²) in [4.78, 5) is 11.4. The van der Waals surface area contributed by atoms with Crippen LogP contribution in [0.2, 0.25) is 5.02 Å². The van der Waals surface area contributed by atoms with Gasteiger partial charge in [-0.2, -0.15) is 0 Å². The summed E-state index contributed by atoms with van der Waals surface area (Å²) in [6.45, 7) is 3.18. The van der Waals surface area contributed by atoms with E-state index in [0.29, 0.717) is 19.2 Å². The molecule has 0 heterocycles. The standard InChI is InChI=1S/C24H28ClNO3/c1-2-16-4-3-5-22(25)21(16)14-29-20-9-7-17-12-19(8-6-18(17)13-20)26-15-24(10-11-24)23(27)28/h3-5,7,9,13,19,26H,2,6,8,10-12,14-15H2,1H3,(H,27,28). The first-order valence-electron chi connectivity index (χ1n) is 10.5. The molecule has 2 aliphatic carbocycles. The maximum atomic E-state index is 11.4. The predicted octanol–water partition coefficient (Wildman–Crippen LogP) is 4.79. The van der Waals surface area contributed by atoms with Gasteiger partial charge in [0.05, 0.1) is 5.41 Å². The number of benzene rings is 2. The number of carboxylic acids is 1. The van der Waals surface area contributed by atoms with Gasteiger partial charge in [-0.15, -0.1) is 0 Å². The molecule has 2 N–H and O–H groups in total. The van der Waals surface area contributed by atoms with Crippen LogP contribution in [0.4, 0.5) is 0 Å². The number of carbonyl (C=O) groups is 1. The topological polar surface area (TPSA) is 58.6 Å². The molecule has 0 aliphatic heterocycles. The van der Waals surface area contributed by atoms with Crippen LogP contribution < -0.4 is 10.1 Å². The Morgan fingerprint density at radius 2 is 2.10 bits per heavy atom. The van der Waals surface area contributed by atoms with Crippen molar-refractivity contribution in [3.63, 3.8) is 0 Å². The molecular formula is C24H28ClNO3. The van der Waals surface area contributed by atoms with E-state index >= 15 is 0 Å². The molecule has 4 rings (SSSR count). The highest BCUT2D eigenvalue weighted by Gasteiger charge is 2.50. The molecule has 2 aliphatic rings. The molecule has 5 heteroatoms. The van der Waals surface area contributed by atoms with Crippen LogP contribution in [0.15, 0.2) is 36.4 Å². The van der Waals surface area contributed by atoms with Crippen molar-refractivity contribution in [2.75, 3.05) is 6.54 Å². The molecule has 29 heavy (non-hydrogen) atoms. The molecule has 0 radical (unpaired) electrons. The van der Waals surface area contributed by atoms with Crippen LogP contribution >= 0.6 is 11.6 Å². The lowest BCUT2D eigenvalue weighted by atomic mass is 9.88. The summed E-state index contributed by atoms with van der Waals surface area (Å²) in [5, 5.41) is 13.6. The lowest BCUT2D eigenvalue weighted by Gasteiger charge is -2.27. The molecule has 4 nitrogen and oxygen atoms in total. The van der Waals surface area contributed by atoms with Crippen molar-refractivity contribution in [1.29, 1.82) is 0 Å². The molecule has 0 spiro atoms. The normalized spacial score (nSPS) is 19.4. The average molecular weight is 414 g/mol. The lowest BCUT2D eigenvalue weighted by molar-refractivity contribution is -0.143. The molecule has 1 fully saturated rings. The highest BCUT2D eigenvalue weighted by Crippen LogP contribution is 2.45. The third-order valence-electron chi connectivity index (χ3n) is 6.42. The number of nitrogens with one attached hydrogen (secondary N) is 1. The minimum Gasteiger partial charge on any atom is -0.489 e. The zero-order chi connectivity index (χ0) is 20.4. The minimum atomic E-state index is -0.659. The zero-order valence-electron chi connectivity index (χ0n) is 16.8. The molecule has 2 aromatic rings. The first-order chi connectivity index (χ1) is 14.0. The molecule has 0 amide bonds. The van der Waals surface area contributed by atoms with Crippen LogP contribution in [0.25, 0.3) is 0 Å². The van der Waals surface area contributed by atoms with Crippen LogP contribution in [0, 0.1) is 5.41 Å². The van der Waals surface area contributed by atoms with E-state index in [9.17, 15) is 9.90 Å². The Kier molecular flexibility index (Phi) is 5.84. The van der Waals surface area contributed by atoms with Crippen molar-refractivity contribution in [3.8, 4) is 5.75 Å². The number of hydrogen-bond acceptors (Lipinski definition) is 3. The number of rotatable bonds is 8. The summed E-state index contributed by atoms with van der Waals surface area (Å²) in [6, 6.07) is 12.7. The maximum Gasteiger partial charge on any atom is 0.310 e. The van der Waals surface area contributed by atoms with Gasteiger partial charge in [-0.3, -0.25) is 4.79 Å². The van der Waals surface area contributed by atoms with Gasteiger partial charge >= 0.3 is 5.97 Å². The maximum absolute atomic E-state index is 11.4. The van der Waals surface area contributed by atoms with Gasteiger partial charge in [0.25, 0.3) is 0 Å². The highest BCUT2D eigenvalue weighted by atomic mass is 35.5. The van der Waals surface area contributed by atoms with E-state index in [0.717, 1.165) is 54.9 Å². The van der Waals surface area contributed by atoms with Crippen molar-refractivity contribution in [1.82, 2.24) is 5.32 Å². The quantitative estimate of drug-likeness (QED) is 0.653.